The standard InChI is InChI=1S/C30H30N4O6/c35-27(32-18-28(36)39-19-21-9-3-1-4-10-21)17-33-29(37)26(15-23-16-31-25-14-8-7-13-24(23)25)34-30(38)40-20-22-11-5-2-6-12-22/h1-14,16,26,31H,15,17-20H2,(H,32,35)(H,33,37)(H,34,38)/t26-/m1/s1. The summed E-state index contributed by atoms with van der Waals surface area (Å²) < 4.78 is 10.4. The highest BCUT2D eigenvalue weighted by molar-refractivity contribution is 5.91. The summed E-state index contributed by atoms with van der Waals surface area (Å²) in [4.78, 5) is 53.0. The van der Waals surface area contributed by atoms with E-state index in [1.54, 1.807) is 6.20 Å². The summed E-state index contributed by atoms with van der Waals surface area (Å²) in [6, 6.07) is 24.9. The van der Waals surface area contributed by atoms with Crippen molar-refractivity contribution < 1.29 is 28.7 Å². The Morgan fingerprint density at radius 2 is 1.35 bits per heavy atom. The third-order valence-corrected chi connectivity index (χ3v) is 6.02. The highest BCUT2D eigenvalue weighted by Gasteiger charge is 2.24. The van der Waals surface area contributed by atoms with Crippen LogP contribution >= 0.6 is 0 Å². The van der Waals surface area contributed by atoms with Gasteiger partial charge in [-0.25, -0.2) is 4.79 Å². The predicted molar refractivity (Wildman–Crippen MR) is 148 cm³/mol. The molecule has 0 fully saturated rings. The summed E-state index contributed by atoms with van der Waals surface area (Å²) in [5.74, 6) is -1.77. The molecule has 3 amide bonds. The van der Waals surface area contributed by atoms with Crippen molar-refractivity contribution in [2.24, 2.45) is 0 Å². The molecular formula is C30H30N4O6. The average molecular weight is 543 g/mol. The summed E-state index contributed by atoms with van der Waals surface area (Å²) in [6.07, 6.45) is 1.16. The van der Waals surface area contributed by atoms with Gasteiger partial charge < -0.3 is 30.4 Å². The van der Waals surface area contributed by atoms with Crippen LogP contribution in [0.5, 0.6) is 0 Å². The smallest absolute Gasteiger partial charge is 0.408 e. The number of H-pyrrole nitrogens is 1. The zero-order chi connectivity index (χ0) is 28.2. The maximum Gasteiger partial charge on any atom is 0.408 e. The fourth-order valence-electron chi connectivity index (χ4n) is 3.95. The highest BCUT2D eigenvalue weighted by atomic mass is 16.5. The molecule has 0 bridgehead atoms. The van der Waals surface area contributed by atoms with Gasteiger partial charge in [-0.2, -0.15) is 0 Å². The van der Waals surface area contributed by atoms with Crippen LogP contribution in [0.25, 0.3) is 10.9 Å². The number of carbonyl (C=O) groups excluding carboxylic acids is 4. The number of ether oxygens (including phenoxy) is 2. The monoisotopic (exact) mass is 542 g/mol. The summed E-state index contributed by atoms with van der Waals surface area (Å²) in [7, 11) is 0. The first-order chi connectivity index (χ1) is 19.5. The van der Waals surface area contributed by atoms with Crippen molar-refractivity contribution in [1.82, 2.24) is 20.9 Å². The third kappa shape index (κ3) is 8.45. The SMILES string of the molecule is O=C(CNC(=O)[C@@H](Cc1c[nH]c2ccccc12)NC(=O)OCc1ccccc1)NCC(=O)OCc1ccccc1. The van der Waals surface area contributed by atoms with Gasteiger partial charge in [0.2, 0.25) is 11.8 Å². The van der Waals surface area contributed by atoms with Crippen molar-refractivity contribution in [3.05, 3.63) is 108 Å². The van der Waals surface area contributed by atoms with E-state index in [1.807, 2.05) is 84.9 Å². The van der Waals surface area contributed by atoms with E-state index in [4.69, 9.17) is 9.47 Å². The Hall–Kier alpha value is -5.12. The number of aromatic amines is 1. The van der Waals surface area contributed by atoms with Crippen LogP contribution in [0.15, 0.2) is 91.1 Å². The van der Waals surface area contributed by atoms with E-state index in [9.17, 15) is 19.2 Å². The van der Waals surface area contributed by atoms with E-state index in [2.05, 4.69) is 20.9 Å². The predicted octanol–water partition coefficient (Wildman–Crippen LogP) is 2.98. The zero-order valence-corrected chi connectivity index (χ0v) is 21.7. The molecule has 4 aromatic rings. The van der Waals surface area contributed by atoms with Gasteiger partial charge in [0.1, 0.15) is 25.8 Å². The molecule has 10 heteroatoms. The summed E-state index contributed by atoms with van der Waals surface area (Å²) in [5.41, 5.74) is 3.33. The zero-order valence-electron chi connectivity index (χ0n) is 21.7. The second-order valence-corrected chi connectivity index (χ2v) is 8.96. The fourth-order valence-corrected chi connectivity index (χ4v) is 3.95. The molecule has 1 heterocycles. The van der Waals surface area contributed by atoms with Crippen LogP contribution in [0.3, 0.4) is 0 Å². The van der Waals surface area contributed by atoms with Gasteiger partial charge in [0.05, 0.1) is 6.54 Å². The molecule has 40 heavy (non-hydrogen) atoms. The first kappa shape index (κ1) is 27.9. The van der Waals surface area contributed by atoms with Crippen LogP contribution in [-0.2, 0) is 43.5 Å². The second kappa shape index (κ2) is 14.1. The maximum atomic E-state index is 13.1. The lowest BCUT2D eigenvalue weighted by Crippen LogP contribution is -2.50. The average Bonchev–Trinajstić information content (AvgIpc) is 3.40. The van der Waals surface area contributed by atoms with Gasteiger partial charge in [-0.05, 0) is 22.8 Å². The molecule has 0 saturated heterocycles. The Morgan fingerprint density at radius 3 is 2.05 bits per heavy atom. The van der Waals surface area contributed by atoms with E-state index in [0.29, 0.717) is 0 Å². The highest BCUT2D eigenvalue weighted by Crippen LogP contribution is 2.19. The number of hydrogen-bond donors (Lipinski definition) is 4. The molecule has 4 rings (SSSR count). The van der Waals surface area contributed by atoms with Crippen molar-refractivity contribution >= 4 is 34.8 Å². The van der Waals surface area contributed by atoms with Gasteiger partial charge in [-0.3, -0.25) is 14.4 Å². The van der Waals surface area contributed by atoms with Gasteiger partial charge in [-0.1, -0.05) is 78.9 Å². The van der Waals surface area contributed by atoms with E-state index in [-0.39, 0.29) is 26.2 Å². The summed E-state index contributed by atoms with van der Waals surface area (Å²) >= 11 is 0. The number of esters is 1. The number of benzene rings is 3. The largest absolute Gasteiger partial charge is 0.460 e. The van der Waals surface area contributed by atoms with E-state index < -0.39 is 36.5 Å². The molecule has 0 aliphatic carbocycles. The third-order valence-electron chi connectivity index (χ3n) is 6.02. The molecule has 4 N–H and O–H groups in total. The molecule has 206 valence electrons. The van der Waals surface area contributed by atoms with Gasteiger partial charge in [0.25, 0.3) is 0 Å². The minimum Gasteiger partial charge on any atom is -0.460 e. The van der Waals surface area contributed by atoms with Gasteiger partial charge in [0, 0.05) is 23.5 Å². The van der Waals surface area contributed by atoms with Crippen LogP contribution in [0, 0.1) is 0 Å². The van der Waals surface area contributed by atoms with Crippen molar-refractivity contribution in [3.8, 4) is 0 Å². The van der Waals surface area contributed by atoms with Gasteiger partial charge in [0.15, 0.2) is 0 Å². The van der Waals surface area contributed by atoms with Crippen LogP contribution in [0.4, 0.5) is 4.79 Å². The Kier molecular flexibility index (Phi) is 9.87. The molecule has 0 aliphatic rings. The van der Waals surface area contributed by atoms with Gasteiger partial charge in [-0.15, -0.1) is 0 Å². The van der Waals surface area contributed by atoms with Crippen molar-refractivity contribution in [2.75, 3.05) is 13.1 Å². The van der Waals surface area contributed by atoms with Crippen molar-refractivity contribution in [3.63, 3.8) is 0 Å². The number of carbonyl (C=O) groups is 4. The number of para-hydroxylation sites is 1. The number of rotatable bonds is 12. The lowest BCUT2D eigenvalue weighted by molar-refractivity contribution is -0.145. The topological polar surface area (TPSA) is 139 Å². The van der Waals surface area contributed by atoms with Crippen LogP contribution in [-0.4, -0.2) is 48.0 Å². The number of hydrogen-bond acceptors (Lipinski definition) is 6. The molecule has 0 saturated carbocycles. The quantitative estimate of drug-likeness (QED) is 0.203. The van der Waals surface area contributed by atoms with E-state index in [0.717, 1.165) is 27.6 Å². The van der Waals surface area contributed by atoms with Crippen LogP contribution < -0.4 is 16.0 Å². The Balaban J connectivity index is 1.30. The lowest BCUT2D eigenvalue weighted by atomic mass is 10.0. The minimum atomic E-state index is -1.02. The maximum absolute atomic E-state index is 13.1. The summed E-state index contributed by atoms with van der Waals surface area (Å²) in [6.45, 7) is -0.606. The van der Waals surface area contributed by atoms with E-state index >= 15 is 0 Å². The number of amides is 3. The lowest BCUT2D eigenvalue weighted by Gasteiger charge is -2.18. The van der Waals surface area contributed by atoms with Crippen LogP contribution in [0.1, 0.15) is 16.7 Å². The normalized spacial score (nSPS) is 11.3. The Labute approximate surface area is 231 Å². The number of aromatic nitrogens is 1. The number of fused-ring (bicyclic) bond motifs is 1. The molecule has 1 atom stereocenters. The van der Waals surface area contributed by atoms with Crippen molar-refractivity contribution in [1.29, 1.82) is 0 Å². The van der Waals surface area contributed by atoms with Crippen LogP contribution in [0.2, 0.25) is 0 Å². The number of nitrogens with one attached hydrogen (secondary N) is 4. The second-order valence-electron chi connectivity index (χ2n) is 8.96. The molecule has 0 unspecified atom stereocenters. The van der Waals surface area contributed by atoms with Gasteiger partial charge >= 0.3 is 12.1 Å². The fraction of sp³-hybridized carbons (Fsp3) is 0.200. The Morgan fingerprint density at radius 1 is 0.725 bits per heavy atom. The molecule has 0 radical (unpaired) electrons. The van der Waals surface area contributed by atoms with E-state index in [1.165, 1.54) is 0 Å². The molecular weight excluding hydrogens is 512 g/mol. The first-order valence-electron chi connectivity index (χ1n) is 12.7. The molecule has 0 aliphatic heterocycles. The molecule has 0 spiro atoms. The molecule has 10 nitrogen and oxygen atoms in total. The first-order valence-corrected chi connectivity index (χ1v) is 12.7. The number of alkyl carbamates (subject to hydrolysis) is 1. The molecule has 3 aromatic carbocycles. The minimum absolute atomic E-state index is 0.0386. The molecule has 1 aromatic heterocycles. The Bertz CT molecular complexity index is 1440. The summed E-state index contributed by atoms with van der Waals surface area (Å²) in [5, 5.41) is 8.45. The van der Waals surface area contributed by atoms with Crippen molar-refractivity contribution in [2.45, 2.75) is 25.7 Å².